The van der Waals surface area contributed by atoms with Crippen molar-refractivity contribution in [2.45, 2.75) is 32.0 Å². The number of carbonyl (C=O) groups is 2. The second kappa shape index (κ2) is 12.6. The molecule has 0 radical (unpaired) electrons. The molecule has 0 aliphatic rings. The number of nitrogens with zero attached hydrogens (tertiary/aromatic N) is 3. The number of hydrogen-bond acceptors (Lipinski definition) is 6. The van der Waals surface area contributed by atoms with E-state index in [1.807, 2.05) is 30.5 Å². The molecule has 2 N–H and O–H groups in total. The van der Waals surface area contributed by atoms with Crippen LogP contribution >= 0.6 is 35.0 Å². The van der Waals surface area contributed by atoms with E-state index in [4.69, 9.17) is 27.9 Å². The molecule has 3 rings (SSSR count). The van der Waals surface area contributed by atoms with Crippen molar-refractivity contribution in [1.29, 1.82) is 0 Å². The minimum atomic E-state index is -0.248. The first-order valence-corrected chi connectivity index (χ1v) is 12.5. The first-order valence-electron chi connectivity index (χ1n) is 10.7. The lowest BCUT2D eigenvalue weighted by atomic mass is 10.2. The predicted octanol–water partition coefficient (Wildman–Crippen LogP) is 4.71. The molecule has 11 heteroatoms. The molecule has 0 spiro atoms. The van der Waals surface area contributed by atoms with E-state index in [0.29, 0.717) is 52.6 Å². The number of ether oxygens (including phenoxy) is 1. The average Bonchev–Trinajstić information content (AvgIpc) is 3.22. The van der Waals surface area contributed by atoms with Gasteiger partial charge >= 0.3 is 0 Å². The van der Waals surface area contributed by atoms with Gasteiger partial charge in [-0.25, -0.2) is 0 Å². The molecule has 0 saturated carbocycles. The van der Waals surface area contributed by atoms with Crippen LogP contribution in [0.25, 0.3) is 0 Å². The highest BCUT2D eigenvalue weighted by Gasteiger charge is 2.14. The second-order valence-corrected chi connectivity index (χ2v) is 8.83. The van der Waals surface area contributed by atoms with E-state index >= 15 is 0 Å². The Morgan fingerprint density at radius 2 is 1.82 bits per heavy atom. The van der Waals surface area contributed by atoms with Crippen LogP contribution in [0.1, 0.15) is 30.0 Å². The number of anilines is 1. The van der Waals surface area contributed by atoms with E-state index in [1.54, 1.807) is 24.3 Å². The van der Waals surface area contributed by atoms with Crippen molar-refractivity contribution < 1.29 is 14.3 Å². The number of amides is 2. The summed E-state index contributed by atoms with van der Waals surface area (Å²) in [7, 11) is 0. The van der Waals surface area contributed by atoms with Crippen LogP contribution in [-0.4, -0.2) is 45.5 Å². The van der Waals surface area contributed by atoms with Gasteiger partial charge in [-0.2, -0.15) is 0 Å². The summed E-state index contributed by atoms with van der Waals surface area (Å²) in [6.07, 6.45) is 0.493. The molecule has 2 amide bonds. The van der Waals surface area contributed by atoms with Gasteiger partial charge in [0.15, 0.2) is 5.16 Å². The Kier molecular flexibility index (Phi) is 9.62. The van der Waals surface area contributed by atoms with Crippen molar-refractivity contribution in [3.63, 3.8) is 0 Å². The lowest BCUT2D eigenvalue weighted by Gasteiger charge is -2.09. The molecule has 1 aromatic heterocycles. The largest absolute Gasteiger partial charge is 0.494 e. The van der Waals surface area contributed by atoms with Crippen LogP contribution in [0, 0.1) is 0 Å². The molecular weight excluding hydrogens is 497 g/mol. The first kappa shape index (κ1) is 25.9. The summed E-state index contributed by atoms with van der Waals surface area (Å²) in [6.45, 7) is 5.50. The first-order chi connectivity index (χ1) is 16.4. The lowest BCUT2D eigenvalue weighted by molar-refractivity contribution is -0.113. The van der Waals surface area contributed by atoms with Crippen LogP contribution in [0.4, 0.5) is 5.69 Å². The molecule has 180 valence electrons. The summed E-state index contributed by atoms with van der Waals surface area (Å²) < 4.78 is 7.33. The number of aromatic nitrogens is 3. The molecule has 0 aliphatic carbocycles. The van der Waals surface area contributed by atoms with Crippen LogP contribution < -0.4 is 15.4 Å². The molecule has 0 atom stereocenters. The number of thioether (sulfide) groups is 1. The number of rotatable bonds is 11. The van der Waals surface area contributed by atoms with Crippen molar-refractivity contribution in [2.24, 2.45) is 0 Å². The van der Waals surface area contributed by atoms with Gasteiger partial charge in [0, 0.05) is 30.8 Å². The molecule has 8 nitrogen and oxygen atoms in total. The zero-order valence-electron chi connectivity index (χ0n) is 18.8. The molecule has 0 fully saturated rings. The van der Waals surface area contributed by atoms with Crippen molar-refractivity contribution in [2.75, 3.05) is 24.2 Å². The van der Waals surface area contributed by atoms with Gasteiger partial charge in [-0.3, -0.25) is 9.59 Å². The quantitative estimate of drug-likeness (QED) is 0.354. The predicted molar refractivity (Wildman–Crippen MR) is 135 cm³/mol. The maximum atomic E-state index is 12.3. The van der Waals surface area contributed by atoms with Crippen LogP contribution in [0.2, 0.25) is 10.0 Å². The topological polar surface area (TPSA) is 98.1 Å². The molecule has 0 bridgehead atoms. The highest BCUT2D eigenvalue weighted by molar-refractivity contribution is 7.99. The molecule has 1 heterocycles. The van der Waals surface area contributed by atoms with Crippen LogP contribution in [0.3, 0.4) is 0 Å². The molecule has 3 aromatic rings. The van der Waals surface area contributed by atoms with E-state index in [0.717, 1.165) is 11.6 Å². The monoisotopic (exact) mass is 521 g/mol. The highest BCUT2D eigenvalue weighted by Crippen LogP contribution is 2.23. The van der Waals surface area contributed by atoms with Gasteiger partial charge < -0.3 is 19.9 Å². The molecule has 0 saturated heterocycles. The van der Waals surface area contributed by atoms with Crippen LogP contribution in [0.15, 0.2) is 47.6 Å². The fourth-order valence-corrected chi connectivity index (χ4v) is 4.20. The maximum absolute atomic E-state index is 12.3. The number of benzene rings is 2. The maximum Gasteiger partial charge on any atom is 0.251 e. The average molecular weight is 522 g/mol. The summed E-state index contributed by atoms with van der Waals surface area (Å²) in [5.74, 6) is 1.29. The van der Waals surface area contributed by atoms with Gasteiger partial charge in [0.25, 0.3) is 5.91 Å². The normalized spacial score (nSPS) is 10.7. The van der Waals surface area contributed by atoms with E-state index in [-0.39, 0.29) is 17.6 Å². The van der Waals surface area contributed by atoms with Crippen molar-refractivity contribution in [1.82, 2.24) is 20.1 Å². The minimum Gasteiger partial charge on any atom is -0.494 e. The Bertz CT molecular complexity index is 1140. The molecule has 0 aliphatic heterocycles. The Morgan fingerprint density at radius 1 is 1.06 bits per heavy atom. The highest BCUT2D eigenvalue weighted by atomic mass is 35.5. The van der Waals surface area contributed by atoms with Crippen LogP contribution in [0.5, 0.6) is 5.75 Å². The number of hydrogen-bond donors (Lipinski definition) is 2. The van der Waals surface area contributed by atoms with E-state index < -0.39 is 0 Å². The number of halogens is 2. The Labute approximate surface area is 212 Å². The Balaban J connectivity index is 1.49. The van der Waals surface area contributed by atoms with Crippen molar-refractivity contribution in [3.8, 4) is 5.75 Å². The standard InChI is InChI=1S/C23H25Cl2N5O3S/c1-3-30-20(11-12-26-22(32)15-5-10-18(24)19(25)13-15)28-29-23(30)34-14-21(31)27-16-6-8-17(9-7-16)33-4-2/h5-10,13H,3-4,11-12,14H2,1-2H3,(H,26,32)(H,27,31). The third-order valence-corrected chi connectivity index (χ3v) is 6.41. The summed E-state index contributed by atoms with van der Waals surface area (Å²) in [5.41, 5.74) is 1.13. The Morgan fingerprint density at radius 3 is 2.50 bits per heavy atom. The molecular formula is C23H25Cl2N5O3S. The lowest BCUT2D eigenvalue weighted by Crippen LogP contribution is -2.26. The second-order valence-electron chi connectivity index (χ2n) is 7.07. The van der Waals surface area contributed by atoms with Gasteiger partial charge in [0.1, 0.15) is 11.6 Å². The van der Waals surface area contributed by atoms with Crippen molar-refractivity contribution >= 4 is 52.5 Å². The summed E-state index contributed by atoms with van der Waals surface area (Å²) in [5, 5.41) is 15.5. The smallest absolute Gasteiger partial charge is 0.251 e. The van der Waals surface area contributed by atoms with Gasteiger partial charge in [-0.1, -0.05) is 35.0 Å². The summed E-state index contributed by atoms with van der Waals surface area (Å²) in [6, 6.07) is 12.0. The minimum absolute atomic E-state index is 0.143. The van der Waals surface area contributed by atoms with E-state index in [1.165, 1.54) is 17.8 Å². The molecule has 34 heavy (non-hydrogen) atoms. The SMILES string of the molecule is CCOc1ccc(NC(=O)CSc2nnc(CCNC(=O)c3ccc(Cl)c(Cl)c3)n2CC)cc1. The molecule has 0 unspecified atom stereocenters. The zero-order valence-corrected chi connectivity index (χ0v) is 21.1. The van der Waals surface area contributed by atoms with E-state index in [9.17, 15) is 9.59 Å². The Hall–Kier alpha value is -2.75. The fourth-order valence-electron chi connectivity index (χ4n) is 3.08. The van der Waals surface area contributed by atoms with Gasteiger partial charge in [-0.05, 0) is 56.3 Å². The molecule has 2 aromatic carbocycles. The van der Waals surface area contributed by atoms with Gasteiger partial charge in [0.2, 0.25) is 5.91 Å². The summed E-state index contributed by atoms with van der Waals surface area (Å²) in [4.78, 5) is 24.7. The van der Waals surface area contributed by atoms with Gasteiger partial charge in [0.05, 0.1) is 22.4 Å². The van der Waals surface area contributed by atoms with Gasteiger partial charge in [-0.15, -0.1) is 10.2 Å². The number of carbonyl (C=O) groups excluding carboxylic acids is 2. The van der Waals surface area contributed by atoms with Crippen molar-refractivity contribution in [3.05, 3.63) is 63.9 Å². The fraction of sp³-hybridized carbons (Fsp3) is 0.304. The third kappa shape index (κ3) is 7.12. The number of nitrogens with one attached hydrogen (secondary N) is 2. The zero-order chi connectivity index (χ0) is 24.5. The van der Waals surface area contributed by atoms with E-state index in [2.05, 4.69) is 20.8 Å². The van der Waals surface area contributed by atoms with Crippen LogP contribution in [-0.2, 0) is 17.8 Å². The summed E-state index contributed by atoms with van der Waals surface area (Å²) >= 11 is 13.2. The third-order valence-electron chi connectivity index (χ3n) is 4.71.